The number of ether oxygens (including phenoxy) is 1. The number of anilines is 1. The first-order chi connectivity index (χ1) is 17.1. The molecule has 7 heteroatoms. The number of carbonyl (C=O) groups is 1. The molecule has 2 aromatic carbocycles. The number of hydrogen-bond donors (Lipinski definition) is 2. The molecule has 0 spiro atoms. The van der Waals surface area contributed by atoms with E-state index >= 15 is 0 Å². The Labute approximate surface area is 206 Å². The lowest BCUT2D eigenvalue weighted by atomic mass is 10.1. The van der Waals surface area contributed by atoms with Crippen molar-refractivity contribution in [2.24, 2.45) is 0 Å². The van der Waals surface area contributed by atoms with Crippen LogP contribution in [-0.4, -0.2) is 48.6 Å². The molecule has 2 heterocycles. The number of likely N-dealkylation sites (tertiary alicyclic amines) is 1. The first-order valence-electron chi connectivity index (χ1n) is 12.0. The van der Waals surface area contributed by atoms with Crippen LogP contribution in [0.2, 0.25) is 0 Å². The summed E-state index contributed by atoms with van der Waals surface area (Å²) < 4.78 is 6.06. The number of pyridine rings is 1. The van der Waals surface area contributed by atoms with E-state index in [0.29, 0.717) is 17.9 Å². The molecular formula is C28H31N5O2. The van der Waals surface area contributed by atoms with Crippen molar-refractivity contribution in [3.05, 3.63) is 89.6 Å². The Kier molecular flexibility index (Phi) is 8.44. The normalized spacial score (nSPS) is 15.2. The van der Waals surface area contributed by atoms with Crippen molar-refractivity contribution in [2.45, 2.75) is 31.4 Å². The molecule has 3 aromatic rings. The van der Waals surface area contributed by atoms with Gasteiger partial charge in [-0.3, -0.25) is 4.79 Å². The minimum Gasteiger partial charge on any atom is -0.489 e. The van der Waals surface area contributed by atoms with Gasteiger partial charge >= 0.3 is 0 Å². The van der Waals surface area contributed by atoms with Gasteiger partial charge in [-0.05, 0) is 61.7 Å². The average Bonchev–Trinajstić information content (AvgIpc) is 2.90. The molecule has 2 N–H and O–H groups in total. The molecule has 0 bridgehead atoms. The zero-order valence-electron chi connectivity index (χ0n) is 20.0. The summed E-state index contributed by atoms with van der Waals surface area (Å²) in [6.07, 6.45) is 4.62. The molecule has 1 aromatic heterocycles. The molecule has 7 nitrogen and oxygen atoms in total. The van der Waals surface area contributed by atoms with Gasteiger partial charge in [0.05, 0.1) is 17.8 Å². The standard InChI is InChI=1S/C28H31N5O2/c1-33-17-14-24(15-18-33)35-25-11-12-26(31-20-25)32-28(34)27(23-5-3-2-4-6-23)30-16-13-21-7-9-22(19-29)10-8-21/h2-12,20,24,27,30H,13-18H2,1H3,(H,31,32,34)/t27-/m1/s1. The van der Waals surface area contributed by atoms with E-state index in [-0.39, 0.29) is 12.0 Å². The Morgan fingerprint density at radius 3 is 2.51 bits per heavy atom. The number of benzene rings is 2. The summed E-state index contributed by atoms with van der Waals surface area (Å²) in [6.45, 7) is 2.67. The quantitative estimate of drug-likeness (QED) is 0.493. The average molecular weight is 470 g/mol. The first-order valence-corrected chi connectivity index (χ1v) is 12.0. The molecule has 35 heavy (non-hydrogen) atoms. The topological polar surface area (TPSA) is 90.3 Å². The van der Waals surface area contributed by atoms with Crippen LogP contribution in [-0.2, 0) is 11.2 Å². The lowest BCUT2D eigenvalue weighted by molar-refractivity contribution is -0.118. The summed E-state index contributed by atoms with van der Waals surface area (Å²) in [7, 11) is 2.12. The number of piperidine rings is 1. The van der Waals surface area contributed by atoms with Crippen molar-refractivity contribution in [2.75, 3.05) is 32.0 Å². The second-order valence-corrected chi connectivity index (χ2v) is 8.85. The summed E-state index contributed by atoms with van der Waals surface area (Å²) in [6, 6.07) is 22.4. The molecule has 1 aliphatic rings. The highest BCUT2D eigenvalue weighted by Crippen LogP contribution is 2.20. The molecule has 1 saturated heterocycles. The number of nitrogens with one attached hydrogen (secondary N) is 2. The van der Waals surface area contributed by atoms with Crippen LogP contribution in [0.3, 0.4) is 0 Å². The molecule has 180 valence electrons. The summed E-state index contributed by atoms with van der Waals surface area (Å²) in [4.78, 5) is 19.9. The van der Waals surface area contributed by atoms with Gasteiger partial charge in [0, 0.05) is 19.6 Å². The van der Waals surface area contributed by atoms with Gasteiger partial charge in [-0.15, -0.1) is 0 Å². The molecule has 0 unspecified atom stereocenters. The van der Waals surface area contributed by atoms with E-state index in [1.807, 2.05) is 60.7 Å². The van der Waals surface area contributed by atoms with Crippen LogP contribution in [0.15, 0.2) is 72.9 Å². The monoisotopic (exact) mass is 469 g/mol. The van der Waals surface area contributed by atoms with Crippen LogP contribution < -0.4 is 15.4 Å². The Balaban J connectivity index is 1.35. The van der Waals surface area contributed by atoms with Crippen LogP contribution >= 0.6 is 0 Å². The number of aromatic nitrogens is 1. The van der Waals surface area contributed by atoms with Crippen LogP contribution in [0.5, 0.6) is 5.75 Å². The van der Waals surface area contributed by atoms with E-state index in [0.717, 1.165) is 49.2 Å². The highest BCUT2D eigenvalue weighted by atomic mass is 16.5. The lowest BCUT2D eigenvalue weighted by Crippen LogP contribution is -2.35. The Morgan fingerprint density at radius 2 is 1.86 bits per heavy atom. The Hall–Kier alpha value is -3.73. The van der Waals surface area contributed by atoms with Gasteiger partial charge in [0.25, 0.3) is 0 Å². The molecule has 0 saturated carbocycles. The maximum Gasteiger partial charge on any atom is 0.247 e. The molecule has 1 fully saturated rings. The zero-order valence-corrected chi connectivity index (χ0v) is 20.0. The van der Waals surface area contributed by atoms with Gasteiger partial charge in [-0.1, -0.05) is 42.5 Å². The van der Waals surface area contributed by atoms with Gasteiger partial charge in [-0.2, -0.15) is 5.26 Å². The molecule has 0 radical (unpaired) electrons. The van der Waals surface area contributed by atoms with Crippen molar-refractivity contribution in [1.82, 2.24) is 15.2 Å². The molecule has 4 rings (SSSR count). The van der Waals surface area contributed by atoms with Gasteiger partial charge in [0.2, 0.25) is 5.91 Å². The fourth-order valence-electron chi connectivity index (χ4n) is 4.13. The summed E-state index contributed by atoms with van der Waals surface area (Å²) in [5, 5.41) is 15.3. The fourth-order valence-corrected chi connectivity index (χ4v) is 4.13. The molecule has 0 aliphatic carbocycles. The van der Waals surface area contributed by atoms with E-state index in [9.17, 15) is 4.79 Å². The molecular weight excluding hydrogens is 438 g/mol. The Bertz CT molecular complexity index is 1120. The van der Waals surface area contributed by atoms with E-state index in [1.54, 1.807) is 12.3 Å². The second-order valence-electron chi connectivity index (χ2n) is 8.85. The third-order valence-corrected chi connectivity index (χ3v) is 6.20. The predicted molar refractivity (Wildman–Crippen MR) is 136 cm³/mol. The van der Waals surface area contributed by atoms with Gasteiger partial charge in [0.1, 0.15) is 23.7 Å². The van der Waals surface area contributed by atoms with Crippen molar-refractivity contribution in [1.29, 1.82) is 5.26 Å². The van der Waals surface area contributed by atoms with Crippen molar-refractivity contribution in [3.63, 3.8) is 0 Å². The summed E-state index contributed by atoms with van der Waals surface area (Å²) in [5.74, 6) is 1.03. The maximum atomic E-state index is 13.2. The van der Waals surface area contributed by atoms with Crippen molar-refractivity contribution in [3.8, 4) is 11.8 Å². The zero-order chi connectivity index (χ0) is 24.5. The van der Waals surface area contributed by atoms with E-state index in [2.05, 4.69) is 33.6 Å². The first kappa shape index (κ1) is 24.4. The third-order valence-electron chi connectivity index (χ3n) is 6.20. The number of nitriles is 1. The van der Waals surface area contributed by atoms with Crippen molar-refractivity contribution < 1.29 is 9.53 Å². The molecule has 1 atom stereocenters. The third kappa shape index (κ3) is 7.12. The second kappa shape index (κ2) is 12.1. The number of hydrogen-bond acceptors (Lipinski definition) is 6. The predicted octanol–water partition coefficient (Wildman–Crippen LogP) is 3.94. The van der Waals surface area contributed by atoms with E-state index in [1.165, 1.54) is 0 Å². The molecule has 1 aliphatic heterocycles. The molecule has 1 amide bonds. The van der Waals surface area contributed by atoms with Crippen LogP contribution in [0.4, 0.5) is 5.82 Å². The summed E-state index contributed by atoms with van der Waals surface area (Å²) >= 11 is 0. The smallest absolute Gasteiger partial charge is 0.247 e. The fraction of sp³-hybridized carbons (Fsp3) is 0.321. The largest absolute Gasteiger partial charge is 0.489 e. The lowest BCUT2D eigenvalue weighted by Gasteiger charge is -2.29. The SMILES string of the molecule is CN1CCC(Oc2ccc(NC(=O)[C@H](NCCc3ccc(C#N)cc3)c3ccccc3)nc2)CC1. The Morgan fingerprint density at radius 1 is 1.11 bits per heavy atom. The number of nitrogens with zero attached hydrogens (tertiary/aromatic N) is 3. The highest BCUT2D eigenvalue weighted by molar-refractivity contribution is 5.94. The minimum absolute atomic E-state index is 0.174. The van der Waals surface area contributed by atoms with E-state index in [4.69, 9.17) is 10.00 Å². The van der Waals surface area contributed by atoms with Gasteiger partial charge < -0.3 is 20.3 Å². The van der Waals surface area contributed by atoms with Crippen LogP contribution in [0.25, 0.3) is 0 Å². The minimum atomic E-state index is -0.522. The van der Waals surface area contributed by atoms with Gasteiger partial charge in [0.15, 0.2) is 0 Å². The maximum absolute atomic E-state index is 13.2. The van der Waals surface area contributed by atoms with Crippen molar-refractivity contribution >= 4 is 11.7 Å². The van der Waals surface area contributed by atoms with Crippen LogP contribution in [0, 0.1) is 11.3 Å². The van der Waals surface area contributed by atoms with Crippen LogP contribution in [0.1, 0.15) is 35.6 Å². The number of rotatable bonds is 9. The van der Waals surface area contributed by atoms with E-state index < -0.39 is 6.04 Å². The highest BCUT2D eigenvalue weighted by Gasteiger charge is 2.21. The number of amides is 1. The van der Waals surface area contributed by atoms with Gasteiger partial charge in [-0.25, -0.2) is 4.98 Å². The number of carbonyl (C=O) groups excluding carboxylic acids is 1. The summed E-state index contributed by atoms with van der Waals surface area (Å²) in [5.41, 5.74) is 2.62.